The number of benzene rings is 2. The van der Waals surface area contributed by atoms with Crippen molar-refractivity contribution in [2.75, 3.05) is 5.32 Å². The van der Waals surface area contributed by atoms with Crippen LogP contribution in [0.25, 0.3) is 5.57 Å². The Kier molecular flexibility index (Phi) is 4.53. The standard InChI is InChI=1S/C19H15FN2O4/c1-11(23)21-14-8-6-12(7-9-14)16-17(24)19(26)22(18(16)25)10-13-4-2-3-5-15(13)20/h2-9,24H,10H2,1H3,(H,21,23). The zero-order valence-corrected chi connectivity index (χ0v) is 13.8. The maximum Gasteiger partial charge on any atom is 0.296 e. The predicted molar refractivity (Wildman–Crippen MR) is 92.3 cm³/mol. The highest BCUT2D eigenvalue weighted by molar-refractivity contribution is 6.34. The molecule has 0 aliphatic carbocycles. The monoisotopic (exact) mass is 354 g/mol. The molecule has 0 saturated heterocycles. The molecule has 6 nitrogen and oxygen atoms in total. The lowest BCUT2D eigenvalue weighted by atomic mass is 10.0. The van der Waals surface area contributed by atoms with Crippen molar-refractivity contribution in [2.24, 2.45) is 0 Å². The molecule has 0 radical (unpaired) electrons. The number of imide groups is 1. The number of carbonyl (C=O) groups is 3. The van der Waals surface area contributed by atoms with Gasteiger partial charge in [-0.25, -0.2) is 4.39 Å². The molecule has 0 atom stereocenters. The summed E-state index contributed by atoms with van der Waals surface area (Å²) in [4.78, 5) is 36.7. The van der Waals surface area contributed by atoms with E-state index in [4.69, 9.17) is 0 Å². The van der Waals surface area contributed by atoms with Gasteiger partial charge in [-0.3, -0.25) is 19.3 Å². The molecule has 0 bridgehead atoms. The van der Waals surface area contributed by atoms with Crippen molar-refractivity contribution in [3.05, 3.63) is 71.2 Å². The Morgan fingerprint density at radius 1 is 1.08 bits per heavy atom. The van der Waals surface area contributed by atoms with Gasteiger partial charge in [0.15, 0.2) is 5.76 Å². The van der Waals surface area contributed by atoms with Crippen LogP contribution in [0.3, 0.4) is 0 Å². The third-order valence-corrected chi connectivity index (χ3v) is 3.92. The van der Waals surface area contributed by atoms with Gasteiger partial charge in [-0.2, -0.15) is 0 Å². The number of halogens is 1. The van der Waals surface area contributed by atoms with Crippen LogP contribution in [0.15, 0.2) is 54.3 Å². The van der Waals surface area contributed by atoms with Crippen LogP contribution in [-0.2, 0) is 20.9 Å². The first-order chi connectivity index (χ1) is 12.4. The third kappa shape index (κ3) is 3.19. The van der Waals surface area contributed by atoms with Gasteiger partial charge in [0.05, 0.1) is 12.1 Å². The minimum Gasteiger partial charge on any atom is -0.502 e. The zero-order chi connectivity index (χ0) is 18.8. The van der Waals surface area contributed by atoms with Gasteiger partial charge in [-0.15, -0.1) is 0 Å². The molecule has 0 aromatic heterocycles. The Bertz CT molecular complexity index is 935. The minimum absolute atomic E-state index is 0.152. The fourth-order valence-corrected chi connectivity index (χ4v) is 2.69. The van der Waals surface area contributed by atoms with Crippen molar-refractivity contribution < 1.29 is 23.9 Å². The molecule has 0 fully saturated rings. The number of anilines is 1. The van der Waals surface area contributed by atoms with Gasteiger partial charge in [-0.1, -0.05) is 30.3 Å². The molecule has 0 spiro atoms. The van der Waals surface area contributed by atoms with E-state index < -0.39 is 23.4 Å². The highest BCUT2D eigenvalue weighted by atomic mass is 19.1. The van der Waals surface area contributed by atoms with Gasteiger partial charge in [0.25, 0.3) is 11.8 Å². The summed E-state index contributed by atoms with van der Waals surface area (Å²) in [6.45, 7) is 1.09. The second kappa shape index (κ2) is 6.79. The molecule has 1 aliphatic heterocycles. The summed E-state index contributed by atoms with van der Waals surface area (Å²) in [6.07, 6.45) is 0. The Morgan fingerprint density at radius 2 is 1.73 bits per heavy atom. The van der Waals surface area contributed by atoms with Crippen LogP contribution in [-0.4, -0.2) is 27.7 Å². The Morgan fingerprint density at radius 3 is 2.35 bits per heavy atom. The van der Waals surface area contributed by atoms with Gasteiger partial charge in [0.2, 0.25) is 5.91 Å². The largest absolute Gasteiger partial charge is 0.502 e. The van der Waals surface area contributed by atoms with Crippen molar-refractivity contribution in [3.8, 4) is 0 Å². The lowest BCUT2D eigenvalue weighted by Crippen LogP contribution is -2.31. The molecule has 2 aromatic carbocycles. The first-order valence-electron chi connectivity index (χ1n) is 7.79. The number of amides is 3. The topological polar surface area (TPSA) is 86.7 Å². The van der Waals surface area contributed by atoms with Crippen LogP contribution in [0.5, 0.6) is 0 Å². The van der Waals surface area contributed by atoms with E-state index in [0.29, 0.717) is 11.3 Å². The van der Waals surface area contributed by atoms with Crippen molar-refractivity contribution in [1.29, 1.82) is 0 Å². The van der Waals surface area contributed by atoms with E-state index in [1.807, 2.05) is 0 Å². The average Bonchev–Trinajstić information content (AvgIpc) is 2.81. The number of aliphatic hydroxyl groups excluding tert-OH is 1. The fraction of sp³-hybridized carbons (Fsp3) is 0.105. The van der Waals surface area contributed by atoms with E-state index in [2.05, 4.69) is 5.32 Å². The van der Waals surface area contributed by atoms with Crippen molar-refractivity contribution in [1.82, 2.24) is 4.90 Å². The summed E-state index contributed by atoms with van der Waals surface area (Å²) in [5.41, 5.74) is 0.859. The van der Waals surface area contributed by atoms with E-state index in [1.165, 1.54) is 37.3 Å². The average molecular weight is 354 g/mol. The molecule has 132 valence electrons. The SMILES string of the molecule is CC(=O)Nc1ccc(C2=C(O)C(=O)N(Cc3ccccc3F)C2=O)cc1. The lowest BCUT2D eigenvalue weighted by Gasteiger charge is -2.15. The molecule has 1 aliphatic rings. The molecule has 0 unspecified atom stereocenters. The van der Waals surface area contributed by atoms with Crippen LogP contribution in [0.2, 0.25) is 0 Å². The first kappa shape index (κ1) is 17.3. The quantitative estimate of drug-likeness (QED) is 0.827. The first-order valence-corrected chi connectivity index (χ1v) is 7.79. The fourth-order valence-electron chi connectivity index (χ4n) is 2.69. The van der Waals surface area contributed by atoms with Crippen LogP contribution < -0.4 is 5.32 Å². The van der Waals surface area contributed by atoms with Crippen molar-refractivity contribution in [3.63, 3.8) is 0 Å². The van der Waals surface area contributed by atoms with Crippen molar-refractivity contribution in [2.45, 2.75) is 13.5 Å². The van der Waals surface area contributed by atoms with Crippen LogP contribution in [0.1, 0.15) is 18.1 Å². The summed E-state index contributed by atoms with van der Waals surface area (Å²) < 4.78 is 13.8. The minimum atomic E-state index is -0.876. The molecule has 2 aromatic rings. The highest BCUT2D eigenvalue weighted by Crippen LogP contribution is 2.30. The summed E-state index contributed by atoms with van der Waals surface area (Å²) in [7, 11) is 0. The van der Waals surface area contributed by atoms with E-state index in [0.717, 1.165) is 4.90 Å². The van der Waals surface area contributed by atoms with Gasteiger partial charge < -0.3 is 10.4 Å². The van der Waals surface area contributed by atoms with Crippen LogP contribution in [0, 0.1) is 5.82 Å². The number of carbonyl (C=O) groups excluding carboxylic acids is 3. The smallest absolute Gasteiger partial charge is 0.296 e. The van der Waals surface area contributed by atoms with E-state index in [-0.39, 0.29) is 23.6 Å². The van der Waals surface area contributed by atoms with Gasteiger partial charge in [0.1, 0.15) is 5.82 Å². The predicted octanol–water partition coefficient (Wildman–Crippen LogP) is 2.62. The van der Waals surface area contributed by atoms with Crippen LogP contribution in [0.4, 0.5) is 10.1 Å². The van der Waals surface area contributed by atoms with E-state index >= 15 is 0 Å². The van der Waals surface area contributed by atoms with E-state index in [9.17, 15) is 23.9 Å². The Hall–Kier alpha value is -3.48. The normalized spacial score (nSPS) is 14.2. The summed E-state index contributed by atoms with van der Waals surface area (Å²) in [6, 6.07) is 11.9. The summed E-state index contributed by atoms with van der Waals surface area (Å²) in [5.74, 6) is -3.05. The van der Waals surface area contributed by atoms with Gasteiger partial charge in [-0.05, 0) is 23.8 Å². The second-order valence-corrected chi connectivity index (χ2v) is 5.77. The molecule has 3 rings (SSSR count). The number of nitrogens with zero attached hydrogens (tertiary/aromatic N) is 1. The summed E-state index contributed by atoms with van der Waals surface area (Å²) in [5, 5.41) is 12.7. The zero-order valence-electron chi connectivity index (χ0n) is 13.8. The molecule has 3 amide bonds. The molecule has 0 saturated carbocycles. The number of hydrogen-bond acceptors (Lipinski definition) is 4. The highest BCUT2D eigenvalue weighted by Gasteiger charge is 2.39. The van der Waals surface area contributed by atoms with Gasteiger partial charge in [0, 0.05) is 18.2 Å². The second-order valence-electron chi connectivity index (χ2n) is 5.77. The molecular weight excluding hydrogens is 339 g/mol. The third-order valence-electron chi connectivity index (χ3n) is 3.92. The molecular formula is C19H15FN2O4. The maximum absolute atomic E-state index is 13.8. The molecule has 1 heterocycles. The molecule has 7 heteroatoms. The number of aliphatic hydroxyl groups is 1. The molecule has 2 N–H and O–H groups in total. The van der Waals surface area contributed by atoms with Crippen molar-refractivity contribution >= 4 is 29.0 Å². The van der Waals surface area contributed by atoms with Gasteiger partial charge >= 0.3 is 0 Å². The lowest BCUT2D eigenvalue weighted by molar-refractivity contribution is -0.138. The Balaban J connectivity index is 1.87. The maximum atomic E-state index is 13.8. The number of rotatable bonds is 4. The molecule has 26 heavy (non-hydrogen) atoms. The summed E-state index contributed by atoms with van der Waals surface area (Å²) >= 11 is 0. The number of hydrogen-bond donors (Lipinski definition) is 2. The van der Waals surface area contributed by atoms with Crippen LogP contribution >= 0.6 is 0 Å². The number of nitrogens with one attached hydrogen (secondary N) is 1. The Labute approximate surface area is 148 Å². The van der Waals surface area contributed by atoms with E-state index in [1.54, 1.807) is 18.2 Å².